The molecule has 0 N–H and O–H groups in total. The fourth-order valence-electron chi connectivity index (χ4n) is 1.10. The van der Waals surface area contributed by atoms with Crippen molar-refractivity contribution in [1.29, 1.82) is 0 Å². The summed E-state index contributed by atoms with van der Waals surface area (Å²) in [5.74, 6) is 0. The van der Waals surface area contributed by atoms with E-state index in [1.54, 1.807) is 6.20 Å². The molecule has 0 saturated heterocycles. The molecule has 0 unspecified atom stereocenters. The van der Waals surface area contributed by atoms with Crippen molar-refractivity contribution in [2.24, 2.45) is 0 Å². The van der Waals surface area contributed by atoms with Crippen LogP contribution in [0, 0.1) is 0 Å². The third kappa shape index (κ3) is 2.04. The Morgan fingerprint density at radius 1 is 0.846 bits per heavy atom. The summed E-state index contributed by atoms with van der Waals surface area (Å²) in [6.07, 6.45) is 1.80. The van der Waals surface area contributed by atoms with E-state index in [0.717, 1.165) is 0 Å². The third-order valence-corrected chi connectivity index (χ3v) is 2.51. The van der Waals surface area contributed by atoms with Gasteiger partial charge in [-0.2, -0.15) is 0 Å². The van der Waals surface area contributed by atoms with Gasteiger partial charge in [-0.15, -0.1) is 0 Å². The van der Waals surface area contributed by atoms with E-state index in [1.165, 1.54) is 21.6 Å². The molecule has 0 atom stereocenters. The standard InChI is InChI=1S/C11H9NS/c1-2-6-10-7-3-4-8-11(10)13-12-9-5-1/h1-9H. The monoisotopic (exact) mass is 187 g/mol. The topological polar surface area (TPSA) is 12.9 Å². The summed E-state index contributed by atoms with van der Waals surface area (Å²) in [6.45, 7) is 0. The van der Waals surface area contributed by atoms with Crippen LogP contribution in [-0.4, -0.2) is 4.37 Å². The van der Waals surface area contributed by atoms with E-state index in [-0.39, 0.29) is 0 Å². The molecule has 2 aromatic rings. The highest BCUT2D eigenvalue weighted by Gasteiger charge is 1.85. The molecule has 0 fully saturated rings. The summed E-state index contributed by atoms with van der Waals surface area (Å²) in [6, 6.07) is 16.3. The molecular formula is C11H9NS. The summed E-state index contributed by atoms with van der Waals surface area (Å²) >= 11 is 1.50. The van der Waals surface area contributed by atoms with Crippen molar-refractivity contribution < 1.29 is 0 Å². The van der Waals surface area contributed by atoms with Crippen LogP contribution < -0.4 is 0 Å². The van der Waals surface area contributed by atoms with E-state index < -0.39 is 0 Å². The van der Waals surface area contributed by atoms with Crippen LogP contribution in [0.4, 0.5) is 0 Å². The van der Waals surface area contributed by atoms with Gasteiger partial charge in [0.25, 0.3) is 0 Å². The lowest BCUT2D eigenvalue weighted by molar-refractivity contribution is 1.55. The predicted molar refractivity (Wildman–Crippen MR) is 57.2 cm³/mol. The maximum absolute atomic E-state index is 4.20. The molecule has 0 spiro atoms. The number of benzene rings is 1. The SMILES string of the molecule is c1ccnsc2ccccc2cc1. The summed E-state index contributed by atoms with van der Waals surface area (Å²) in [5.41, 5.74) is 0. The Hall–Kier alpha value is -1.41. The molecule has 0 aliphatic rings. The first-order chi connectivity index (χ1) is 6.47. The Morgan fingerprint density at radius 2 is 1.62 bits per heavy atom. The zero-order valence-electron chi connectivity index (χ0n) is 7.05. The van der Waals surface area contributed by atoms with Crippen molar-refractivity contribution in [3.63, 3.8) is 0 Å². The molecule has 2 heteroatoms. The molecule has 13 heavy (non-hydrogen) atoms. The van der Waals surface area contributed by atoms with E-state index >= 15 is 0 Å². The predicted octanol–water partition coefficient (Wildman–Crippen LogP) is 3.42. The van der Waals surface area contributed by atoms with Gasteiger partial charge in [0.2, 0.25) is 0 Å². The highest BCUT2D eigenvalue weighted by Crippen LogP contribution is 2.12. The Labute approximate surface area is 81.2 Å². The van der Waals surface area contributed by atoms with Gasteiger partial charge in [-0.25, -0.2) is 4.37 Å². The van der Waals surface area contributed by atoms with Gasteiger partial charge in [-0.3, -0.25) is 0 Å². The first-order valence-corrected chi connectivity index (χ1v) is 4.87. The largest absolute Gasteiger partial charge is 0.201 e. The second-order valence-corrected chi connectivity index (χ2v) is 3.46. The molecule has 0 aliphatic carbocycles. The summed E-state index contributed by atoms with van der Waals surface area (Å²) in [4.78, 5) is 0. The lowest BCUT2D eigenvalue weighted by Gasteiger charge is -1.87. The molecule has 1 nitrogen and oxygen atoms in total. The molecule has 0 saturated carbocycles. The molecular weight excluding hydrogens is 178 g/mol. The maximum atomic E-state index is 4.20. The van der Waals surface area contributed by atoms with Crippen molar-refractivity contribution in [1.82, 2.24) is 4.37 Å². The molecule has 0 radical (unpaired) electrons. The van der Waals surface area contributed by atoms with Crippen LogP contribution in [-0.2, 0) is 0 Å². The average molecular weight is 187 g/mol. The smallest absolute Gasteiger partial charge is 0.0534 e. The minimum Gasteiger partial charge on any atom is -0.201 e. The van der Waals surface area contributed by atoms with Gasteiger partial charge in [-0.05, 0) is 29.1 Å². The molecule has 0 amide bonds. The van der Waals surface area contributed by atoms with E-state index in [9.17, 15) is 0 Å². The van der Waals surface area contributed by atoms with Gasteiger partial charge in [-0.1, -0.05) is 36.4 Å². The number of nitrogens with zero attached hydrogens (tertiary/aromatic N) is 1. The number of rotatable bonds is 0. The maximum Gasteiger partial charge on any atom is 0.0534 e. The zero-order chi connectivity index (χ0) is 8.93. The quantitative estimate of drug-likeness (QED) is 0.615. The van der Waals surface area contributed by atoms with Crippen LogP contribution in [0.2, 0.25) is 0 Å². The number of fused-ring (bicyclic) bond motifs is 1. The van der Waals surface area contributed by atoms with Gasteiger partial charge in [0.1, 0.15) is 0 Å². The lowest BCUT2D eigenvalue weighted by atomic mass is 10.2. The van der Waals surface area contributed by atoms with Crippen molar-refractivity contribution in [2.75, 3.05) is 0 Å². The van der Waals surface area contributed by atoms with Gasteiger partial charge >= 0.3 is 0 Å². The van der Waals surface area contributed by atoms with Crippen molar-refractivity contribution >= 4 is 21.6 Å². The Kier molecular flexibility index (Phi) is 2.53. The van der Waals surface area contributed by atoms with Crippen LogP contribution in [0.15, 0.2) is 54.7 Å². The molecule has 0 aliphatic heterocycles. The van der Waals surface area contributed by atoms with E-state index in [1.807, 2.05) is 30.3 Å². The average Bonchev–Trinajstić information content (AvgIpc) is 2.28. The second-order valence-electron chi connectivity index (χ2n) is 2.63. The minimum atomic E-state index is 1.19. The van der Waals surface area contributed by atoms with Gasteiger partial charge in [0.15, 0.2) is 0 Å². The van der Waals surface area contributed by atoms with Crippen LogP contribution in [0.1, 0.15) is 0 Å². The highest BCUT2D eigenvalue weighted by molar-refractivity contribution is 7.12. The van der Waals surface area contributed by atoms with Gasteiger partial charge in [0.05, 0.1) is 4.70 Å². The van der Waals surface area contributed by atoms with Crippen LogP contribution in [0.25, 0.3) is 10.1 Å². The minimum absolute atomic E-state index is 1.19. The van der Waals surface area contributed by atoms with Crippen molar-refractivity contribution in [3.8, 4) is 0 Å². The molecule has 0 bridgehead atoms. The fraction of sp³-hybridized carbons (Fsp3) is 0. The first-order valence-electron chi connectivity index (χ1n) is 4.09. The molecule has 2 rings (SSSR count). The van der Waals surface area contributed by atoms with E-state index in [4.69, 9.17) is 0 Å². The number of hydrogen-bond donors (Lipinski definition) is 0. The normalized spacial score (nSPS) is 9.54. The molecule has 1 aromatic heterocycles. The summed E-state index contributed by atoms with van der Waals surface area (Å²) in [7, 11) is 0. The zero-order valence-corrected chi connectivity index (χ0v) is 7.87. The van der Waals surface area contributed by atoms with E-state index in [2.05, 4.69) is 22.6 Å². The first kappa shape index (κ1) is 8.20. The lowest BCUT2D eigenvalue weighted by Crippen LogP contribution is -1.62. The van der Waals surface area contributed by atoms with Gasteiger partial charge in [0, 0.05) is 6.20 Å². The number of hydrogen-bond acceptors (Lipinski definition) is 2. The Morgan fingerprint density at radius 3 is 2.54 bits per heavy atom. The molecule has 64 valence electrons. The van der Waals surface area contributed by atoms with Crippen molar-refractivity contribution in [3.05, 3.63) is 54.7 Å². The van der Waals surface area contributed by atoms with Crippen LogP contribution in [0.3, 0.4) is 0 Å². The third-order valence-electron chi connectivity index (χ3n) is 1.71. The Bertz CT molecular complexity index is 406. The van der Waals surface area contributed by atoms with Crippen LogP contribution >= 0.6 is 11.5 Å². The van der Waals surface area contributed by atoms with Crippen molar-refractivity contribution in [2.45, 2.75) is 0 Å². The second kappa shape index (κ2) is 4.01. The van der Waals surface area contributed by atoms with Crippen LogP contribution in [0.5, 0.6) is 0 Å². The van der Waals surface area contributed by atoms with Gasteiger partial charge < -0.3 is 0 Å². The van der Waals surface area contributed by atoms with E-state index in [0.29, 0.717) is 0 Å². The molecule has 1 aromatic carbocycles. The summed E-state index contributed by atoms with van der Waals surface area (Å²) in [5, 5.41) is 1.22. The fourth-order valence-corrected chi connectivity index (χ4v) is 1.72. The Balaban J connectivity index is 2.82. The highest BCUT2D eigenvalue weighted by atomic mass is 32.1. The molecule has 1 heterocycles. The number of aromatic nitrogens is 1. The summed E-state index contributed by atoms with van der Waals surface area (Å²) < 4.78 is 5.39.